The van der Waals surface area contributed by atoms with Crippen molar-refractivity contribution in [2.24, 2.45) is 0 Å². The van der Waals surface area contributed by atoms with Gasteiger partial charge in [0, 0.05) is 12.0 Å². The van der Waals surface area contributed by atoms with Crippen molar-refractivity contribution in [3.8, 4) is 0 Å². The standard InChI is InChI=1S/C29H24N2O/c32-28(24-15-7-2-8-16-24)22-29(25-17-9-3-10-18-25)21-27(23-13-5-1-6-14-23)30-31(29)26-19-11-4-12-20-26/h1-21,30H,22H2. The van der Waals surface area contributed by atoms with E-state index in [1.807, 2.05) is 84.9 Å². The molecule has 1 aliphatic heterocycles. The van der Waals surface area contributed by atoms with Gasteiger partial charge in [-0.05, 0) is 29.3 Å². The molecule has 1 N–H and O–H groups in total. The quantitative estimate of drug-likeness (QED) is 0.379. The molecule has 0 amide bonds. The van der Waals surface area contributed by atoms with E-state index in [-0.39, 0.29) is 5.78 Å². The Morgan fingerprint density at radius 3 is 1.84 bits per heavy atom. The van der Waals surface area contributed by atoms with E-state index < -0.39 is 5.54 Å². The second-order valence-electron chi connectivity index (χ2n) is 7.96. The molecule has 0 spiro atoms. The summed E-state index contributed by atoms with van der Waals surface area (Å²) in [5.41, 5.74) is 7.78. The number of carbonyl (C=O) groups excluding carboxylic acids is 1. The predicted octanol–water partition coefficient (Wildman–Crippen LogP) is 6.22. The van der Waals surface area contributed by atoms with Crippen LogP contribution in [-0.2, 0) is 5.54 Å². The molecule has 0 saturated carbocycles. The van der Waals surface area contributed by atoms with E-state index in [1.165, 1.54) is 0 Å². The van der Waals surface area contributed by atoms with Crippen LogP contribution in [0.15, 0.2) is 127 Å². The van der Waals surface area contributed by atoms with Gasteiger partial charge in [0.05, 0.1) is 11.4 Å². The third kappa shape index (κ3) is 3.69. The monoisotopic (exact) mass is 416 g/mol. The summed E-state index contributed by atoms with van der Waals surface area (Å²) in [6.45, 7) is 0. The molecule has 0 bridgehead atoms. The average molecular weight is 417 g/mol. The molecule has 5 rings (SSSR count). The van der Waals surface area contributed by atoms with Gasteiger partial charge in [-0.15, -0.1) is 0 Å². The van der Waals surface area contributed by atoms with Crippen molar-refractivity contribution >= 4 is 17.2 Å². The molecular formula is C29H24N2O. The van der Waals surface area contributed by atoms with Gasteiger partial charge in [0.2, 0.25) is 0 Å². The summed E-state index contributed by atoms with van der Waals surface area (Å²) in [6, 6.07) is 40.2. The van der Waals surface area contributed by atoms with Crippen LogP contribution in [0.1, 0.15) is 27.9 Å². The maximum absolute atomic E-state index is 13.5. The number of hydrogen-bond acceptors (Lipinski definition) is 3. The highest BCUT2D eigenvalue weighted by molar-refractivity contribution is 5.98. The van der Waals surface area contributed by atoms with Gasteiger partial charge in [0.25, 0.3) is 0 Å². The molecule has 0 aromatic heterocycles. The van der Waals surface area contributed by atoms with Crippen LogP contribution in [0.2, 0.25) is 0 Å². The molecular weight excluding hydrogens is 392 g/mol. The van der Waals surface area contributed by atoms with Crippen LogP contribution in [0.5, 0.6) is 0 Å². The summed E-state index contributed by atoms with van der Waals surface area (Å²) in [5.74, 6) is 0.0998. The summed E-state index contributed by atoms with van der Waals surface area (Å²) in [7, 11) is 0. The molecule has 32 heavy (non-hydrogen) atoms. The van der Waals surface area contributed by atoms with Crippen LogP contribution >= 0.6 is 0 Å². The zero-order chi connectivity index (χ0) is 21.8. The summed E-state index contributed by atoms with van der Waals surface area (Å²) >= 11 is 0. The van der Waals surface area contributed by atoms with Crippen molar-refractivity contribution in [3.05, 3.63) is 144 Å². The van der Waals surface area contributed by atoms with Crippen LogP contribution in [0.4, 0.5) is 5.69 Å². The Kier molecular flexibility index (Phi) is 5.30. The van der Waals surface area contributed by atoms with Gasteiger partial charge in [0.1, 0.15) is 5.54 Å². The van der Waals surface area contributed by atoms with Crippen molar-refractivity contribution < 1.29 is 4.79 Å². The maximum Gasteiger partial charge on any atom is 0.165 e. The SMILES string of the molecule is O=C(CC1(c2ccccc2)C=C(c2ccccc2)NN1c1ccccc1)c1ccccc1. The van der Waals surface area contributed by atoms with Crippen molar-refractivity contribution in [1.82, 2.24) is 5.43 Å². The normalized spacial score (nSPS) is 17.5. The topological polar surface area (TPSA) is 32.3 Å². The van der Waals surface area contributed by atoms with Gasteiger partial charge in [-0.2, -0.15) is 0 Å². The van der Waals surface area contributed by atoms with Gasteiger partial charge in [-0.3, -0.25) is 15.2 Å². The maximum atomic E-state index is 13.5. The van der Waals surface area contributed by atoms with Crippen molar-refractivity contribution in [3.63, 3.8) is 0 Å². The van der Waals surface area contributed by atoms with E-state index in [9.17, 15) is 4.79 Å². The van der Waals surface area contributed by atoms with E-state index in [0.717, 1.165) is 28.1 Å². The molecule has 0 fully saturated rings. The van der Waals surface area contributed by atoms with E-state index in [4.69, 9.17) is 0 Å². The first-order chi connectivity index (χ1) is 15.8. The summed E-state index contributed by atoms with van der Waals surface area (Å²) < 4.78 is 0. The van der Waals surface area contributed by atoms with Crippen LogP contribution in [0.3, 0.4) is 0 Å². The predicted molar refractivity (Wildman–Crippen MR) is 130 cm³/mol. The molecule has 156 valence electrons. The Balaban J connectivity index is 1.68. The number of para-hydroxylation sites is 1. The van der Waals surface area contributed by atoms with E-state index in [0.29, 0.717) is 6.42 Å². The molecule has 1 unspecified atom stereocenters. The number of hydrogen-bond donors (Lipinski definition) is 1. The van der Waals surface area contributed by atoms with Crippen molar-refractivity contribution in [2.75, 3.05) is 5.01 Å². The van der Waals surface area contributed by atoms with Gasteiger partial charge in [0.15, 0.2) is 5.78 Å². The van der Waals surface area contributed by atoms with E-state index >= 15 is 0 Å². The van der Waals surface area contributed by atoms with Crippen LogP contribution in [0, 0.1) is 0 Å². The molecule has 3 nitrogen and oxygen atoms in total. The molecule has 1 aliphatic rings. The smallest absolute Gasteiger partial charge is 0.165 e. The lowest BCUT2D eigenvalue weighted by atomic mass is 9.82. The lowest BCUT2D eigenvalue weighted by molar-refractivity contribution is 0.0959. The number of rotatable bonds is 6. The highest BCUT2D eigenvalue weighted by Gasteiger charge is 2.44. The van der Waals surface area contributed by atoms with Gasteiger partial charge >= 0.3 is 0 Å². The minimum atomic E-state index is -0.680. The van der Waals surface area contributed by atoms with Gasteiger partial charge in [-0.1, -0.05) is 109 Å². The summed E-state index contributed by atoms with van der Waals surface area (Å²) in [6.07, 6.45) is 2.50. The van der Waals surface area contributed by atoms with Crippen LogP contribution in [0.25, 0.3) is 5.70 Å². The fraction of sp³-hybridized carbons (Fsp3) is 0.0690. The number of benzene rings is 4. The summed E-state index contributed by atoms with van der Waals surface area (Å²) in [5, 5.41) is 2.13. The third-order valence-corrected chi connectivity index (χ3v) is 5.91. The lowest BCUT2D eigenvalue weighted by Gasteiger charge is -2.39. The van der Waals surface area contributed by atoms with E-state index in [2.05, 4.69) is 52.9 Å². The number of nitrogens with zero attached hydrogens (tertiary/aromatic N) is 1. The van der Waals surface area contributed by atoms with Crippen LogP contribution < -0.4 is 10.4 Å². The summed E-state index contributed by atoms with van der Waals surface area (Å²) in [4.78, 5) is 13.5. The first-order valence-corrected chi connectivity index (χ1v) is 10.8. The van der Waals surface area contributed by atoms with Crippen molar-refractivity contribution in [1.29, 1.82) is 0 Å². The number of anilines is 1. The fourth-order valence-electron chi connectivity index (χ4n) is 4.34. The number of ketones is 1. The molecule has 4 aromatic rings. The number of Topliss-reactive ketones (excluding diaryl/α,β-unsaturated/α-hetero) is 1. The fourth-order valence-corrected chi connectivity index (χ4v) is 4.34. The Bertz CT molecular complexity index is 1220. The number of carbonyl (C=O) groups is 1. The molecule has 0 saturated heterocycles. The average Bonchev–Trinajstić information content (AvgIpc) is 3.26. The minimum absolute atomic E-state index is 0.0998. The Morgan fingerprint density at radius 2 is 1.22 bits per heavy atom. The minimum Gasteiger partial charge on any atom is -0.297 e. The van der Waals surface area contributed by atoms with E-state index in [1.54, 1.807) is 0 Å². The van der Waals surface area contributed by atoms with Gasteiger partial charge < -0.3 is 0 Å². The second kappa shape index (κ2) is 8.56. The van der Waals surface area contributed by atoms with Crippen molar-refractivity contribution in [2.45, 2.75) is 12.0 Å². The second-order valence-corrected chi connectivity index (χ2v) is 7.96. The third-order valence-electron chi connectivity index (χ3n) is 5.91. The first kappa shape index (κ1) is 19.8. The molecule has 1 heterocycles. The lowest BCUT2D eigenvalue weighted by Crippen LogP contribution is -2.48. The Labute approximate surface area is 188 Å². The zero-order valence-electron chi connectivity index (χ0n) is 17.7. The Hall–Kier alpha value is -4.11. The Morgan fingerprint density at radius 1 is 0.688 bits per heavy atom. The number of hydrazine groups is 1. The van der Waals surface area contributed by atoms with Gasteiger partial charge in [-0.25, -0.2) is 0 Å². The first-order valence-electron chi connectivity index (χ1n) is 10.8. The molecule has 3 heteroatoms. The highest BCUT2D eigenvalue weighted by Crippen LogP contribution is 2.43. The van der Waals surface area contributed by atoms with Crippen LogP contribution in [-0.4, -0.2) is 5.78 Å². The molecule has 0 aliphatic carbocycles. The number of nitrogens with one attached hydrogen (secondary N) is 1. The molecule has 1 atom stereocenters. The molecule has 0 radical (unpaired) electrons. The largest absolute Gasteiger partial charge is 0.297 e. The highest BCUT2D eigenvalue weighted by atomic mass is 16.1. The molecule has 4 aromatic carbocycles. The zero-order valence-corrected chi connectivity index (χ0v) is 17.7.